The topological polar surface area (TPSA) is 120 Å². The van der Waals surface area contributed by atoms with Crippen LogP contribution in [-0.4, -0.2) is 37.9 Å². The number of rotatable bonds is 5. The zero-order chi connectivity index (χ0) is 21.5. The summed E-state index contributed by atoms with van der Waals surface area (Å²) in [4.78, 5) is 29.7. The van der Waals surface area contributed by atoms with Crippen molar-refractivity contribution < 1.29 is 9.45 Å². The first-order chi connectivity index (χ1) is 15.0. The van der Waals surface area contributed by atoms with Crippen LogP contribution >= 0.6 is 11.6 Å². The van der Waals surface area contributed by atoms with Gasteiger partial charge in [0.1, 0.15) is 5.02 Å². The lowest BCUT2D eigenvalue weighted by molar-refractivity contribution is -0.384. The molecular formula is C20H19ClN6O4. The van der Waals surface area contributed by atoms with Crippen LogP contribution in [0.15, 0.2) is 39.8 Å². The normalized spacial score (nSPS) is 17.1. The molecule has 0 atom stereocenters. The van der Waals surface area contributed by atoms with Crippen LogP contribution in [0.2, 0.25) is 5.02 Å². The summed E-state index contributed by atoms with van der Waals surface area (Å²) in [5.41, 5.74) is 0.456. The van der Waals surface area contributed by atoms with Crippen molar-refractivity contribution in [3.63, 3.8) is 0 Å². The molecule has 3 heterocycles. The van der Waals surface area contributed by atoms with Crippen molar-refractivity contribution in [1.29, 1.82) is 0 Å². The molecule has 0 amide bonds. The van der Waals surface area contributed by atoms with Crippen molar-refractivity contribution in [2.45, 2.75) is 37.5 Å². The Labute approximate surface area is 181 Å². The summed E-state index contributed by atoms with van der Waals surface area (Å²) >= 11 is 6.40. The number of hydrogen-bond donors (Lipinski definition) is 0. The lowest BCUT2D eigenvalue weighted by Crippen LogP contribution is -2.35. The van der Waals surface area contributed by atoms with Gasteiger partial charge in [0.15, 0.2) is 5.82 Å². The first-order valence-corrected chi connectivity index (χ1v) is 10.5. The first kappa shape index (κ1) is 19.7. The summed E-state index contributed by atoms with van der Waals surface area (Å²) in [6.45, 7) is 1.39. The van der Waals surface area contributed by atoms with E-state index >= 15 is 0 Å². The summed E-state index contributed by atoms with van der Waals surface area (Å²) in [7, 11) is 0. The SMILES string of the molecule is O=c1c(Cl)c(N2CCC(c3noc(C4CC4)n3)CC2)cnn1-c1ccc([N+](=O)[O-])cc1. The summed E-state index contributed by atoms with van der Waals surface area (Å²) in [5, 5.41) is 19.3. The van der Waals surface area contributed by atoms with Gasteiger partial charge in [-0.1, -0.05) is 16.8 Å². The van der Waals surface area contributed by atoms with Gasteiger partial charge in [-0.25, -0.2) is 0 Å². The average Bonchev–Trinajstić information content (AvgIpc) is 3.52. The standard InChI is InChI=1S/C20H19ClN6O4/c21-17-16(11-22-26(20(17)28)14-3-5-15(6-4-14)27(29)30)25-9-7-12(8-10-25)18-23-19(31-24-18)13-1-2-13/h3-6,11-13H,1-2,7-10H2. The van der Waals surface area contributed by atoms with Crippen LogP contribution in [0.25, 0.3) is 5.69 Å². The van der Waals surface area contributed by atoms with Crippen LogP contribution in [0.1, 0.15) is 49.2 Å². The highest BCUT2D eigenvalue weighted by Gasteiger charge is 2.32. The van der Waals surface area contributed by atoms with E-state index in [4.69, 9.17) is 16.1 Å². The van der Waals surface area contributed by atoms with Gasteiger partial charge in [0.25, 0.3) is 11.2 Å². The van der Waals surface area contributed by atoms with Crippen molar-refractivity contribution in [2.75, 3.05) is 18.0 Å². The van der Waals surface area contributed by atoms with E-state index in [1.54, 1.807) is 6.20 Å². The highest BCUT2D eigenvalue weighted by molar-refractivity contribution is 6.33. The summed E-state index contributed by atoms with van der Waals surface area (Å²) in [5.74, 6) is 2.17. The molecule has 1 saturated heterocycles. The van der Waals surface area contributed by atoms with E-state index in [1.165, 1.54) is 24.3 Å². The fourth-order valence-electron chi connectivity index (χ4n) is 3.83. The van der Waals surface area contributed by atoms with E-state index in [1.807, 2.05) is 4.90 Å². The minimum atomic E-state index is -0.499. The molecule has 2 fully saturated rings. The molecule has 2 aromatic heterocycles. The molecule has 160 valence electrons. The van der Waals surface area contributed by atoms with Crippen LogP contribution in [-0.2, 0) is 0 Å². The van der Waals surface area contributed by atoms with E-state index in [-0.39, 0.29) is 16.6 Å². The maximum Gasteiger partial charge on any atom is 0.292 e. The molecule has 0 N–H and O–H groups in total. The van der Waals surface area contributed by atoms with Crippen LogP contribution in [0.5, 0.6) is 0 Å². The molecule has 31 heavy (non-hydrogen) atoms. The Bertz CT molecular complexity index is 1180. The summed E-state index contributed by atoms with van der Waals surface area (Å²) < 4.78 is 6.52. The Morgan fingerprint density at radius 1 is 1.10 bits per heavy atom. The van der Waals surface area contributed by atoms with Crippen molar-refractivity contribution >= 4 is 23.0 Å². The Kier molecular flexibility index (Phi) is 4.93. The number of nitro groups is 1. The number of benzene rings is 1. The van der Waals surface area contributed by atoms with Crippen molar-refractivity contribution in [1.82, 2.24) is 19.9 Å². The third kappa shape index (κ3) is 3.78. The van der Waals surface area contributed by atoms with E-state index in [9.17, 15) is 14.9 Å². The minimum absolute atomic E-state index is 0.0618. The molecule has 0 radical (unpaired) electrons. The molecule has 1 aromatic carbocycles. The highest BCUT2D eigenvalue weighted by atomic mass is 35.5. The molecule has 0 unspecified atom stereocenters. The molecule has 0 spiro atoms. The Balaban J connectivity index is 1.31. The number of hydrogen-bond acceptors (Lipinski definition) is 8. The summed E-state index contributed by atoms with van der Waals surface area (Å²) in [6, 6.07) is 5.58. The maximum atomic E-state index is 12.8. The molecule has 1 saturated carbocycles. The average molecular weight is 443 g/mol. The molecule has 2 aliphatic rings. The molecule has 1 aliphatic heterocycles. The number of halogens is 1. The van der Waals surface area contributed by atoms with E-state index < -0.39 is 10.5 Å². The third-order valence-electron chi connectivity index (χ3n) is 5.79. The molecule has 11 heteroatoms. The number of nitrogens with zero attached hydrogens (tertiary/aromatic N) is 6. The Hall–Kier alpha value is -3.27. The number of anilines is 1. The highest BCUT2D eigenvalue weighted by Crippen LogP contribution is 2.40. The Morgan fingerprint density at radius 3 is 2.45 bits per heavy atom. The second-order valence-electron chi connectivity index (χ2n) is 7.86. The smallest absolute Gasteiger partial charge is 0.292 e. The largest absolute Gasteiger partial charge is 0.369 e. The maximum absolute atomic E-state index is 12.8. The van der Waals surface area contributed by atoms with Crippen LogP contribution in [0.3, 0.4) is 0 Å². The third-order valence-corrected chi connectivity index (χ3v) is 6.15. The number of nitro benzene ring substituents is 1. The van der Waals surface area contributed by atoms with E-state index in [0.717, 1.165) is 42.1 Å². The second-order valence-corrected chi connectivity index (χ2v) is 8.24. The van der Waals surface area contributed by atoms with Gasteiger partial charge in [-0.2, -0.15) is 14.8 Å². The molecule has 1 aliphatic carbocycles. The van der Waals surface area contributed by atoms with Crippen molar-refractivity contribution in [3.05, 3.63) is 67.7 Å². The second kappa shape index (κ2) is 7.77. The van der Waals surface area contributed by atoms with Crippen molar-refractivity contribution in [3.8, 4) is 5.69 Å². The lowest BCUT2D eigenvalue weighted by Gasteiger charge is -2.32. The zero-order valence-electron chi connectivity index (χ0n) is 16.5. The number of aromatic nitrogens is 4. The molecule has 0 bridgehead atoms. The van der Waals surface area contributed by atoms with Gasteiger partial charge in [-0.05, 0) is 37.8 Å². The van der Waals surface area contributed by atoms with Gasteiger partial charge in [-0.15, -0.1) is 0 Å². The predicted octanol–water partition coefficient (Wildman–Crippen LogP) is 3.44. The van der Waals surface area contributed by atoms with Crippen molar-refractivity contribution in [2.24, 2.45) is 0 Å². The monoisotopic (exact) mass is 442 g/mol. The van der Waals surface area contributed by atoms with Gasteiger partial charge in [0.05, 0.1) is 22.5 Å². The molecule has 3 aromatic rings. The van der Waals surface area contributed by atoms with Gasteiger partial charge < -0.3 is 9.42 Å². The van der Waals surface area contributed by atoms with Crippen LogP contribution in [0.4, 0.5) is 11.4 Å². The van der Waals surface area contributed by atoms with Crippen LogP contribution in [0, 0.1) is 10.1 Å². The van der Waals surface area contributed by atoms with Gasteiger partial charge in [0.2, 0.25) is 5.89 Å². The molecular weight excluding hydrogens is 424 g/mol. The fraction of sp³-hybridized carbons (Fsp3) is 0.400. The van der Waals surface area contributed by atoms with E-state index in [0.29, 0.717) is 30.4 Å². The van der Waals surface area contributed by atoms with E-state index in [2.05, 4.69) is 15.2 Å². The number of non-ortho nitro benzene ring substituents is 1. The lowest BCUT2D eigenvalue weighted by atomic mass is 9.96. The van der Waals surface area contributed by atoms with Gasteiger partial charge in [-0.3, -0.25) is 14.9 Å². The zero-order valence-corrected chi connectivity index (χ0v) is 17.2. The molecule has 5 rings (SSSR count). The first-order valence-electron chi connectivity index (χ1n) is 10.1. The Morgan fingerprint density at radius 2 is 1.81 bits per heavy atom. The fourth-order valence-corrected chi connectivity index (χ4v) is 4.08. The van der Waals surface area contributed by atoms with Crippen LogP contribution < -0.4 is 10.5 Å². The number of piperidine rings is 1. The van der Waals surface area contributed by atoms with Gasteiger partial charge >= 0.3 is 0 Å². The summed E-state index contributed by atoms with van der Waals surface area (Å²) in [6.07, 6.45) is 5.45. The quantitative estimate of drug-likeness (QED) is 0.435. The molecule has 10 nitrogen and oxygen atoms in total. The van der Waals surface area contributed by atoms with Gasteiger partial charge in [0, 0.05) is 37.1 Å². The minimum Gasteiger partial charge on any atom is -0.369 e. The predicted molar refractivity (Wildman–Crippen MR) is 112 cm³/mol.